The summed E-state index contributed by atoms with van der Waals surface area (Å²) in [6, 6.07) is 7.44. The first-order chi connectivity index (χ1) is 9.87. The topological polar surface area (TPSA) is 66.8 Å². The molecule has 1 aliphatic carbocycles. The summed E-state index contributed by atoms with van der Waals surface area (Å²) in [6.45, 7) is 0. The fraction of sp³-hybridized carbons (Fsp3) is 0.500. The SMILES string of the molecule is C#CCS(=O)(O)(O)C1CCCCC1c1ccccc1OC. The van der Waals surface area contributed by atoms with Gasteiger partial charge < -0.3 is 13.8 Å². The Kier molecular flexibility index (Phi) is 4.43. The Labute approximate surface area is 126 Å². The summed E-state index contributed by atoms with van der Waals surface area (Å²) in [4.78, 5) is 0. The molecule has 2 unspecified atom stereocenters. The maximum absolute atomic E-state index is 12.7. The normalized spacial score (nSPS) is 24.6. The lowest BCUT2D eigenvalue weighted by atomic mass is 9.83. The molecule has 1 fully saturated rings. The molecule has 0 radical (unpaired) electrons. The zero-order valence-corrected chi connectivity index (χ0v) is 13.0. The van der Waals surface area contributed by atoms with E-state index < -0.39 is 20.6 Å². The van der Waals surface area contributed by atoms with Gasteiger partial charge in [0.25, 0.3) is 0 Å². The van der Waals surface area contributed by atoms with Crippen LogP contribution in [0, 0.1) is 12.3 Å². The minimum atomic E-state index is -4.83. The molecule has 116 valence electrons. The third-order valence-electron chi connectivity index (χ3n) is 4.20. The second kappa shape index (κ2) is 5.80. The summed E-state index contributed by atoms with van der Waals surface area (Å²) in [7, 11) is -3.26. The molecule has 1 aliphatic rings. The van der Waals surface area contributed by atoms with Gasteiger partial charge in [-0.05, 0) is 24.5 Å². The van der Waals surface area contributed by atoms with Crippen LogP contribution in [-0.4, -0.2) is 31.4 Å². The van der Waals surface area contributed by atoms with E-state index in [1.807, 2.05) is 24.3 Å². The van der Waals surface area contributed by atoms with Crippen molar-refractivity contribution in [2.45, 2.75) is 36.9 Å². The zero-order valence-electron chi connectivity index (χ0n) is 12.2. The minimum absolute atomic E-state index is 0.224. The number of rotatable bonds is 4. The van der Waals surface area contributed by atoms with E-state index >= 15 is 0 Å². The summed E-state index contributed by atoms with van der Waals surface area (Å²) in [5.74, 6) is 2.09. The highest BCUT2D eigenvalue weighted by molar-refractivity contribution is 8.10. The Bertz CT molecular complexity index is 611. The molecule has 2 rings (SSSR count). The van der Waals surface area contributed by atoms with Gasteiger partial charge in [-0.25, -0.2) is 4.21 Å². The number of methoxy groups -OCH3 is 1. The van der Waals surface area contributed by atoms with Gasteiger partial charge in [-0.15, -0.1) is 6.42 Å². The van der Waals surface area contributed by atoms with Crippen molar-refractivity contribution >= 4 is 9.63 Å². The Morgan fingerprint density at radius 2 is 2.00 bits per heavy atom. The molecule has 0 amide bonds. The van der Waals surface area contributed by atoms with Gasteiger partial charge in [-0.3, -0.25) is 0 Å². The monoisotopic (exact) mass is 310 g/mol. The molecule has 1 saturated carbocycles. The van der Waals surface area contributed by atoms with E-state index in [0.717, 1.165) is 24.8 Å². The van der Waals surface area contributed by atoms with E-state index in [-0.39, 0.29) is 5.92 Å². The standard InChI is InChI=1S/C16H22O4S/c1-3-12-21(17,18,19)16-11-7-5-9-14(16)13-8-4-6-10-15(13)20-2/h1,4,6,8,10,14,16H,5,7,9,11-12H2,2H3,(H2,17,18,19). The third kappa shape index (κ3) is 3.29. The van der Waals surface area contributed by atoms with E-state index in [1.54, 1.807) is 7.11 Å². The molecule has 0 saturated heterocycles. The lowest BCUT2D eigenvalue weighted by Gasteiger charge is -2.44. The molecule has 21 heavy (non-hydrogen) atoms. The smallest absolute Gasteiger partial charge is 0.122 e. The number of benzene rings is 1. The molecular weight excluding hydrogens is 288 g/mol. The second-order valence-corrected chi connectivity index (χ2v) is 8.66. The van der Waals surface area contributed by atoms with Crippen molar-refractivity contribution in [1.82, 2.24) is 0 Å². The largest absolute Gasteiger partial charge is 0.496 e. The third-order valence-corrected chi connectivity index (χ3v) is 6.69. The van der Waals surface area contributed by atoms with Gasteiger partial charge in [-0.2, -0.15) is 0 Å². The lowest BCUT2D eigenvalue weighted by Crippen LogP contribution is -2.50. The van der Waals surface area contributed by atoms with Crippen molar-refractivity contribution in [3.63, 3.8) is 0 Å². The highest BCUT2D eigenvalue weighted by Crippen LogP contribution is 2.45. The molecule has 1 aromatic rings. The average Bonchev–Trinajstić information content (AvgIpc) is 2.46. The highest BCUT2D eigenvalue weighted by atomic mass is 32.3. The van der Waals surface area contributed by atoms with Gasteiger partial charge in [0.1, 0.15) is 11.5 Å². The van der Waals surface area contributed by atoms with Crippen LogP contribution in [-0.2, 0) is 9.63 Å². The summed E-state index contributed by atoms with van der Waals surface area (Å²) in [5.41, 5.74) is 0.865. The Hall–Kier alpha value is -1.35. The fourth-order valence-electron chi connectivity index (χ4n) is 3.26. The number of terminal acetylenes is 1. The van der Waals surface area contributed by atoms with Crippen molar-refractivity contribution in [3.8, 4) is 18.1 Å². The summed E-state index contributed by atoms with van der Waals surface area (Å²) in [6.07, 6.45) is 8.18. The predicted octanol–water partition coefficient (Wildman–Crippen LogP) is 3.12. The number of ether oxygens (including phenoxy) is 1. The molecule has 2 N–H and O–H groups in total. The molecular formula is C16H22O4S. The first-order valence-electron chi connectivity index (χ1n) is 7.08. The van der Waals surface area contributed by atoms with E-state index in [1.165, 1.54) is 0 Å². The summed E-state index contributed by atoms with van der Waals surface area (Å²) < 4.78 is 38.7. The first-order valence-corrected chi connectivity index (χ1v) is 9.19. The van der Waals surface area contributed by atoms with Gasteiger partial charge >= 0.3 is 0 Å². The van der Waals surface area contributed by atoms with Gasteiger partial charge in [-0.1, -0.05) is 37.0 Å². The van der Waals surface area contributed by atoms with Crippen LogP contribution in [0.3, 0.4) is 0 Å². The van der Waals surface area contributed by atoms with Crippen LogP contribution in [0.25, 0.3) is 0 Å². The molecule has 0 bridgehead atoms. The van der Waals surface area contributed by atoms with Crippen molar-refractivity contribution < 1.29 is 18.1 Å². The van der Waals surface area contributed by atoms with E-state index in [2.05, 4.69) is 5.92 Å². The van der Waals surface area contributed by atoms with E-state index in [4.69, 9.17) is 11.2 Å². The number of hydrogen-bond acceptors (Lipinski definition) is 2. The van der Waals surface area contributed by atoms with Crippen LogP contribution in [0.4, 0.5) is 0 Å². The van der Waals surface area contributed by atoms with Gasteiger partial charge in [0.2, 0.25) is 0 Å². The Balaban J connectivity index is 2.46. The molecule has 0 heterocycles. The van der Waals surface area contributed by atoms with E-state index in [0.29, 0.717) is 12.2 Å². The highest BCUT2D eigenvalue weighted by Gasteiger charge is 2.46. The summed E-state index contributed by atoms with van der Waals surface area (Å²) in [5, 5.41) is -0.747. The van der Waals surface area contributed by atoms with Crippen molar-refractivity contribution in [3.05, 3.63) is 29.8 Å². The maximum Gasteiger partial charge on any atom is 0.122 e. The van der Waals surface area contributed by atoms with Crippen LogP contribution in [0.2, 0.25) is 0 Å². The van der Waals surface area contributed by atoms with Crippen LogP contribution in [0.5, 0.6) is 5.75 Å². The van der Waals surface area contributed by atoms with Crippen LogP contribution in [0.15, 0.2) is 24.3 Å². The molecule has 4 nitrogen and oxygen atoms in total. The Morgan fingerprint density at radius 1 is 1.33 bits per heavy atom. The van der Waals surface area contributed by atoms with Crippen molar-refractivity contribution in [1.29, 1.82) is 0 Å². The molecule has 1 aromatic carbocycles. The zero-order chi connectivity index (χ0) is 15.5. The molecule has 2 atom stereocenters. The van der Waals surface area contributed by atoms with Gasteiger partial charge in [0.05, 0.1) is 22.0 Å². The molecule has 0 aliphatic heterocycles. The first kappa shape index (κ1) is 16.0. The second-order valence-electron chi connectivity index (χ2n) is 5.60. The van der Waals surface area contributed by atoms with Crippen LogP contribution < -0.4 is 4.74 Å². The van der Waals surface area contributed by atoms with Crippen molar-refractivity contribution in [2.24, 2.45) is 0 Å². The Morgan fingerprint density at radius 3 is 2.67 bits per heavy atom. The molecule has 5 heteroatoms. The van der Waals surface area contributed by atoms with Crippen LogP contribution >= 0.6 is 0 Å². The average molecular weight is 310 g/mol. The number of para-hydroxylation sites is 1. The lowest BCUT2D eigenvalue weighted by molar-refractivity contribution is 0.330. The fourth-order valence-corrected chi connectivity index (χ4v) is 5.37. The number of hydrogen-bond donors (Lipinski definition) is 2. The van der Waals surface area contributed by atoms with Gasteiger partial charge in [0, 0.05) is 5.92 Å². The van der Waals surface area contributed by atoms with E-state index in [9.17, 15) is 13.3 Å². The van der Waals surface area contributed by atoms with Crippen molar-refractivity contribution in [2.75, 3.05) is 12.9 Å². The summed E-state index contributed by atoms with van der Waals surface area (Å²) >= 11 is 0. The predicted molar refractivity (Wildman–Crippen MR) is 85.1 cm³/mol. The van der Waals surface area contributed by atoms with Crippen LogP contribution in [0.1, 0.15) is 37.2 Å². The quantitative estimate of drug-likeness (QED) is 0.839. The maximum atomic E-state index is 12.7. The van der Waals surface area contributed by atoms with Gasteiger partial charge in [0.15, 0.2) is 0 Å². The molecule has 0 spiro atoms. The minimum Gasteiger partial charge on any atom is -0.496 e. The molecule has 0 aromatic heterocycles.